The zero-order valence-electron chi connectivity index (χ0n) is 17.4. The number of hydrogen-bond donors (Lipinski definition) is 1. The third-order valence-corrected chi connectivity index (χ3v) is 4.51. The van der Waals surface area contributed by atoms with E-state index in [0.29, 0.717) is 24.5 Å². The molecule has 2 aromatic carbocycles. The number of carbonyl (C=O) groups excluding carboxylic acids is 2. The molecule has 0 atom stereocenters. The molecule has 0 aliphatic rings. The predicted octanol–water partition coefficient (Wildman–Crippen LogP) is 2.40. The number of rotatable bonds is 8. The number of esters is 1. The first kappa shape index (κ1) is 20.9. The Kier molecular flexibility index (Phi) is 6.30. The van der Waals surface area contributed by atoms with Crippen molar-refractivity contribution < 1.29 is 14.3 Å². The minimum absolute atomic E-state index is 0.0179. The van der Waals surface area contributed by atoms with E-state index in [1.165, 1.54) is 4.68 Å². The minimum atomic E-state index is -0.384. The Balaban J connectivity index is 1.41. The summed E-state index contributed by atoms with van der Waals surface area (Å²) in [6.07, 6.45) is 3.25. The van der Waals surface area contributed by atoms with Gasteiger partial charge in [-0.1, -0.05) is 52.9 Å². The molecule has 0 spiro atoms. The molecule has 0 saturated carbocycles. The van der Waals surface area contributed by atoms with E-state index in [1.807, 2.05) is 36.4 Å². The van der Waals surface area contributed by atoms with Gasteiger partial charge in [-0.3, -0.25) is 9.59 Å². The van der Waals surface area contributed by atoms with Gasteiger partial charge in [-0.15, -0.1) is 10.2 Å². The zero-order chi connectivity index (χ0) is 22.3. The van der Waals surface area contributed by atoms with Crippen LogP contribution >= 0.6 is 0 Å². The number of hydrogen-bond acceptors (Lipinski definition) is 7. The van der Waals surface area contributed by atoms with Gasteiger partial charge in [-0.2, -0.15) is 0 Å². The van der Waals surface area contributed by atoms with Crippen molar-refractivity contribution in [2.45, 2.75) is 20.0 Å². The average molecular weight is 431 g/mol. The van der Waals surface area contributed by atoms with E-state index in [1.54, 1.807) is 42.2 Å². The van der Waals surface area contributed by atoms with E-state index in [2.05, 4.69) is 25.9 Å². The molecule has 32 heavy (non-hydrogen) atoms. The Morgan fingerprint density at radius 2 is 1.78 bits per heavy atom. The van der Waals surface area contributed by atoms with Crippen LogP contribution in [-0.2, 0) is 22.6 Å². The first-order valence-electron chi connectivity index (χ1n) is 10.0. The smallest absolute Gasteiger partial charge is 0.327 e. The summed E-state index contributed by atoms with van der Waals surface area (Å²) in [6, 6.07) is 17.0. The molecule has 1 amide bonds. The first-order valence-corrected chi connectivity index (χ1v) is 10.0. The molecule has 4 aromatic rings. The molecule has 162 valence electrons. The van der Waals surface area contributed by atoms with Crippen LogP contribution in [0.15, 0.2) is 67.0 Å². The number of nitrogens with zero attached hydrogens (tertiary/aromatic N) is 6. The Labute approximate surface area is 183 Å². The summed E-state index contributed by atoms with van der Waals surface area (Å²) in [6.45, 7) is 2.56. The van der Waals surface area contributed by atoms with Crippen molar-refractivity contribution in [1.29, 1.82) is 0 Å². The second-order valence-corrected chi connectivity index (χ2v) is 6.93. The Morgan fingerprint density at radius 1 is 0.969 bits per heavy atom. The van der Waals surface area contributed by atoms with Crippen LogP contribution in [0.5, 0.6) is 0 Å². The lowest BCUT2D eigenvalue weighted by Crippen LogP contribution is -2.13. The molecule has 0 aliphatic heterocycles. The average Bonchev–Trinajstić information content (AvgIpc) is 3.45. The predicted molar refractivity (Wildman–Crippen MR) is 116 cm³/mol. The van der Waals surface area contributed by atoms with Crippen molar-refractivity contribution in [3.8, 4) is 11.3 Å². The molecule has 2 aromatic heterocycles. The standard InChI is InChI=1S/C22H21N7O3/c1-2-32-21(30)15-29-13-19(24-26-29)17-9-6-10-18(11-17)23-22(31)20-14-28(27-25-20)12-16-7-4-3-5-8-16/h3-11,13-14H,2,12,15H2,1H3,(H,23,31). The highest BCUT2D eigenvalue weighted by Crippen LogP contribution is 2.21. The summed E-state index contributed by atoms with van der Waals surface area (Å²) in [7, 11) is 0. The van der Waals surface area contributed by atoms with Gasteiger partial charge < -0.3 is 10.1 Å². The topological polar surface area (TPSA) is 117 Å². The number of carbonyl (C=O) groups is 2. The second kappa shape index (κ2) is 9.65. The van der Waals surface area contributed by atoms with Crippen LogP contribution < -0.4 is 5.32 Å². The maximum atomic E-state index is 12.6. The number of nitrogens with one attached hydrogen (secondary N) is 1. The quantitative estimate of drug-likeness (QED) is 0.426. The summed E-state index contributed by atoms with van der Waals surface area (Å²) in [5.41, 5.74) is 3.16. The van der Waals surface area contributed by atoms with Crippen molar-refractivity contribution in [2.75, 3.05) is 11.9 Å². The number of aromatic nitrogens is 6. The fourth-order valence-corrected chi connectivity index (χ4v) is 3.05. The third kappa shape index (κ3) is 5.22. The van der Waals surface area contributed by atoms with Crippen LogP contribution in [0, 0.1) is 0 Å². The van der Waals surface area contributed by atoms with E-state index in [0.717, 1.165) is 11.1 Å². The Bertz CT molecular complexity index is 1220. The van der Waals surface area contributed by atoms with Crippen molar-refractivity contribution in [1.82, 2.24) is 30.0 Å². The molecule has 0 aliphatic carbocycles. The van der Waals surface area contributed by atoms with Crippen LogP contribution in [0.4, 0.5) is 5.69 Å². The first-order chi connectivity index (χ1) is 15.6. The maximum absolute atomic E-state index is 12.6. The lowest BCUT2D eigenvalue weighted by Gasteiger charge is -2.04. The third-order valence-electron chi connectivity index (χ3n) is 4.51. The molecule has 2 heterocycles. The summed E-state index contributed by atoms with van der Waals surface area (Å²) in [4.78, 5) is 24.2. The van der Waals surface area contributed by atoms with E-state index in [-0.39, 0.29) is 24.1 Å². The number of amides is 1. The maximum Gasteiger partial charge on any atom is 0.327 e. The van der Waals surface area contributed by atoms with Crippen LogP contribution in [0.3, 0.4) is 0 Å². The monoisotopic (exact) mass is 431 g/mol. The van der Waals surface area contributed by atoms with Gasteiger partial charge in [0.1, 0.15) is 12.2 Å². The van der Waals surface area contributed by atoms with Crippen molar-refractivity contribution in [3.63, 3.8) is 0 Å². The molecule has 0 radical (unpaired) electrons. The van der Waals surface area contributed by atoms with Crippen molar-refractivity contribution in [2.24, 2.45) is 0 Å². The van der Waals surface area contributed by atoms with Gasteiger partial charge in [0.05, 0.1) is 25.5 Å². The number of benzene rings is 2. The van der Waals surface area contributed by atoms with Gasteiger partial charge in [0.25, 0.3) is 5.91 Å². The summed E-state index contributed by atoms with van der Waals surface area (Å²) < 4.78 is 7.93. The van der Waals surface area contributed by atoms with Gasteiger partial charge in [0.2, 0.25) is 0 Å². The summed E-state index contributed by atoms with van der Waals surface area (Å²) in [5.74, 6) is -0.752. The number of ether oxygens (including phenoxy) is 1. The molecule has 4 rings (SSSR count). The van der Waals surface area contributed by atoms with Crippen LogP contribution in [-0.4, -0.2) is 48.5 Å². The lowest BCUT2D eigenvalue weighted by molar-refractivity contribution is -0.144. The Morgan fingerprint density at radius 3 is 2.59 bits per heavy atom. The van der Waals surface area contributed by atoms with Crippen LogP contribution in [0.2, 0.25) is 0 Å². The summed E-state index contributed by atoms with van der Waals surface area (Å²) in [5, 5.41) is 18.8. The van der Waals surface area contributed by atoms with E-state index in [4.69, 9.17) is 4.74 Å². The fraction of sp³-hybridized carbons (Fsp3) is 0.182. The highest BCUT2D eigenvalue weighted by molar-refractivity contribution is 6.02. The largest absolute Gasteiger partial charge is 0.465 e. The van der Waals surface area contributed by atoms with Gasteiger partial charge in [0, 0.05) is 11.3 Å². The van der Waals surface area contributed by atoms with Gasteiger partial charge in [-0.05, 0) is 24.6 Å². The fourth-order valence-electron chi connectivity index (χ4n) is 3.05. The van der Waals surface area contributed by atoms with Crippen LogP contribution in [0.1, 0.15) is 23.0 Å². The molecule has 0 saturated heterocycles. The molecule has 1 N–H and O–H groups in total. The Hall–Kier alpha value is -4.34. The highest BCUT2D eigenvalue weighted by Gasteiger charge is 2.13. The second-order valence-electron chi connectivity index (χ2n) is 6.93. The molecule has 10 nitrogen and oxygen atoms in total. The van der Waals surface area contributed by atoms with Crippen molar-refractivity contribution in [3.05, 3.63) is 78.2 Å². The summed E-state index contributed by atoms with van der Waals surface area (Å²) >= 11 is 0. The minimum Gasteiger partial charge on any atom is -0.465 e. The highest BCUT2D eigenvalue weighted by atomic mass is 16.5. The van der Waals surface area contributed by atoms with E-state index in [9.17, 15) is 9.59 Å². The van der Waals surface area contributed by atoms with E-state index >= 15 is 0 Å². The molecular formula is C22H21N7O3. The molecule has 0 unspecified atom stereocenters. The van der Waals surface area contributed by atoms with E-state index < -0.39 is 0 Å². The number of anilines is 1. The molecule has 0 bridgehead atoms. The lowest BCUT2D eigenvalue weighted by atomic mass is 10.1. The SMILES string of the molecule is CCOC(=O)Cn1cc(-c2cccc(NC(=O)c3cn(Cc4ccccc4)nn3)c2)nn1. The van der Waals surface area contributed by atoms with Gasteiger partial charge >= 0.3 is 5.97 Å². The van der Waals surface area contributed by atoms with Crippen molar-refractivity contribution >= 4 is 17.6 Å². The molecular weight excluding hydrogens is 410 g/mol. The molecule has 0 fully saturated rings. The van der Waals surface area contributed by atoms with Gasteiger partial charge in [0.15, 0.2) is 5.69 Å². The van der Waals surface area contributed by atoms with Gasteiger partial charge in [-0.25, -0.2) is 9.36 Å². The normalized spacial score (nSPS) is 10.7. The van der Waals surface area contributed by atoms with Crippen LogP contribution in [0.25, 0.3) is 11.3 Å². The molecule has 10 heteroatoms. The zero-order valence-corrected chi connectivity index (χ0v) is 17.4.